The Balaban J connectivity index is 1.87. The van der Waals surface area contributed by atoms with Gasteiger partial charge < -0.3 is 9.73 Å². The first-order valence-electron chi connectivity index (χ1n) is 7.15. The van der Waals surface area contributed by atoms with Crippen LogP contribution in [0.5, 0.6) is 0 Å². The third-order valence-corrected chi connectivity index (χ3v) is 5.05. The summed E-state index contributed by atoms with van der Waals surface area (Å²) in [5, 5.41) is 3.54. The first kappa shape index (κ1) is 12.2. The summed E-state index contributed by atoms with van der Waals surface area (Å²) < 4.78 is 5.66. The van der Waals surface area contributed by atoms with Gasteiger partial charge >= 0.3 is 0 Å². The van der Waals surface area contributed by atoms with Crippen LogP contribution in [0.25, 0.3) is 0 Å². The fraction of sp³-hybridized carbons (Fsp3) is 0.733. The third kappa shape index (κ3) is 1.72. The van der Waals surface area contributed by atoms with Gasteiger partial charge in [-0.3, -0.25) is 4.90 Å². The van der Waals surface area contributed by atoms with Gasteiger partial charge in [-0.1, -0.05) is 6.92 Å². The highest BCUT2D eigenvalue weighted by Gasteiger charge is 2.51. The minimum Gasteiger partial charge on any atom is -0.468 e. The molecule has 0 spiro atoms. The van der Waals surface area contributed by atoms with Crippen LogP contribution in [0, 0.1) is 11.8 Å². The number of fused-ring (bicyclic) bond motifs is 1. The lowest BCUT2D eigenvalue weighted by molar-refractivity contribution is 0.0743. The zero-order valence-electron chi connectivity index (χ0n) is 11.6. The molecule has 2 aliphatic heterocycles. The molecule has 3 atom stereocenters. The van der Waals surface area contributed by atoms with E-state index in [2.05, 4.69) is 37.1 Å². The van der Waals surface area contributed by atoms with Gasteiger partial charge in [0, 0.05) is 18.6 Å². The highest BCUT2D eigenvalue weighted by Crippen LogP contribution is 2.45. The van der Waals surface area contributed by atoms with E-state index in [0.717, 1.165) is 24.0 Å². The van der Waals surface area contributed by atoms with Gasteiger partial charge in [0.05, 0.1) is 12.3 Å². The summed E-state index contributed by atoms with van der Waals surface area (Å²) in [6.07, 6.45) is 2.91. The Labute approximate surface area is 110 Å². The number of likely N-dealkylation sites (tertiary alicyclic amines) is 1. The maximum absolute atomic E-state index is 5.66. The third-order valence-electron chi connectivity index (χ3n) is 5.05. The molecule has 3 rings (SSSR count). The maximum atomic E-state index is 5.66. The van der Waals surface area contributed by atoms with Crippen molar-refractivity contribution in [2.75, 3.05) is 19.6 Å². The number of hydrogen-bond acceptors (Lipinski definition) is 3. The molecule has 0 saturated carbocycles. The normalized spacial score (nSPS) is 32.6. The first-order chi connectivity index (χ1) is 8.64. The van der Waals surface area contributed by atoms with Gasteiger partial charge in [-0.2, -0.15) is 0 Å². The van der Waals surface area contributed by atoms with Crippen LogP contribution in [-0.2, 0) is 0 Å². The van der Waals surface area contributed by atoms with Gasteiger partial charge in [-0.05, 0) is 50.8 Å². The molecule has 2 aliphatic rings. The lowest BCUT2D eigenvalue weighted by atomic mass is 9.84. The minimum atomic E-state index is 0.266. The van der Waals surface area contributed by atoms with Gasteiger partial charge in [0.2, 0.25) is 0 Å². The van der Waals surface area contributed by atoms with Crippen LogP contribution < -0.4 is 5.32 Å². The van der Waals surface area contributed by atoms with Crippen molar-refractivity contribution in [3.05, 3.63) is 24.2 Å². The van der Waals surface area contributed by atoms with Gasteiger partial charge in [0.1, 0.15) is 5.76 Å². The van der Waals surface area contributed by atoms with Crippen LogP contribution >= 0.6 is 0 Å². The van der Waals surface area contributed by atoms with Crippen molar-refractivity contribution in [2.24, 2.45) is 11.8 Å². The zero-order chi connectivity index (χ0) is 12.8. The lowest BCUT2D eigenvalue weighted by Crippen LogP contribution is -2.46. The Morgan fingerprint density at radius 3 is 2.94 bits per heavy atom. The molecule has 1 aromatic heterocycles. The standard InChI is InChI=1S/C15H24N2O/c1-4-13(14-6-5-7-18-14)17-10-11-8-16-9-12(11)15(17,2)3/h5-7,11-13,16H,4,8-10H2,1-3H3. The average Bonchev–Trinajstić information content (AvgIpc) is 3.01. The molecule has 3 nitrogen and oxygen atoms in total. The van der Waals surface area contributed by atoms with E-state index in [4.69, 9.17) is 4.42 Å². The van der Waals surface area contributed by atoms with Crippen molar-refractivity contribution in [1.29, 1.82) is 0 Å². The molecule has 3 heterocycles. The summed E-state index contributed by atoms with van der Waals surface area (Å²) >= 11 is 0. The smallest absolute Gasteiger partial charge is 0.120 e. The number of nitrogens with one attached hydrogen (secondary N) is 1. The molecule has 0 bridgehead atoms. The summed E-state index contributed by atoms with van der Waals surface area (Å²) in [6.45, 7) is 10.6. The Morgan fingerprint density at radius 1 is 1.50 bits per heavy atom. The maximum Gasteiger partial charge on any atom is 0.120 e. The molecule has 1 N–H and O–H groups in total. The van der Waals surface area contributed by atoms with Crippen molar-refractivity contribution in [1.82, 2.24) is 10.2 Å². The van der Waals surface area contributed by atoms with Gasteiger partial charge in [0.25, 0.3) is 0 Å². The van der Waals surface area contributed by atoms with Crippen LogP contribution in [-0.4, -0.2) is 30.1 Å². The van der Waals surface area contributed by atoms with E-state index in [1.165, 1.54) is 19.6 Å². The topological polar surface area (TPSA) is 28.4 Å². The minimum absolute atomic E-state index is 0.266. The van der Waals surface area contributed by atoms with E-state index in [1.807, 2.05) is 6.07 Å². The molecule has 3 heteroatoms. The summed E-state index contributed by atoms with van der Waals surface area (Å²) in [6, 6.07) is 4.56. The van der Waals surface area contributed by atoms with E-state index < -0.39 is 0 Å². The van der Waals surface area contributed by atoms with Crippen LogP contribution in [0.15, 0.2) is 22.8 Å². The van der Waals surface area contributed by atoms with Crippen molar-refractivity contribution in [3.8, 4) is 0 Å². The van der Waals surface area contributed by atoms with Crippen molar-refractivity contribution < 1.29 is 4.42 Å². The van der Waals surface area contributed by atoms with E-state index >= 15 is 0 Å². The summed E-state index contributed by atoms with van der Waals surface area (Å²) in [5.74, 6) is 2.71. The van der Waals surface area contributed by atoms with E-state index in [0.29, 0.717) is 6.04 Å². The number of rotatable bonds is 3. The first-order valence-corrected chi connectivity index (χ1v) is 7.15. The molecule has 1 aromatic rings. The summed E-state index contributed by atoms with van der Waals surface area (Å²) in [4.78, 5) is 2.67. The highest BCUT2D eigenvalue weighted by molar-refractivity contribution is 5.12. The average molecular weight is 248 g/mol. The zero-order valence-corrected chi connectivity index (χ0v) is 11.6. The van der Waals surface area contributed by atoms with Crippen molar-refractivity contribution >= 4 is 0 Å². The Morgan fingerprint density at radius 2 is 2.33 bits per heavy atom. The van der Waals surface area contributed by atoms with E-state index in [-0.39, 0.29) is 5.54 Å². The fourth-order valence-electron chi connectivity index (χ4n) is 4.04. The molecule has 2 saturated heterocycles. The number of nitrogens with zero attached hydrogens (tertiary/aromatic N) is 1. The largest absolute Gasteiger partial charge is 0.468 e. The quantitative estimate of drug-likeness (QED) is 0.891. The predicted molar refractivity (Wildman–Crippen MR) is 72.4 cm³/mol. The van der Waals surface area contributed by atoms with E-state index in [1.54, 1.807) is 6.26 Å². The molecular formula is C15H24N2O. The predicted octanol–water partition coefficient (Wildman–Crippen LogP) is 2.66. The molecule has 3 unspecified atom stereocenters. The Bertz CT molecular complexity index is 399. The molecule has 0 aliphatic carbocycles. The van der Waals surface area contributed by atoms with Crippen LogP contribution in [0.4, 0.5) is 0 Å². The molecule has 0 radical (unpaired) electrons. The highest BCUT2D eigenvalue weighted by atomic mass is 16.3. The Kier molecular flexibility index (Phi) is 2.99. The van der Waals surface area contributed by atoms with Crippen LogP contribution in [0.3, 0.4) is 0 Å². The lowest BCUT2D eigenvalue weighted by Gasteiger charge is -2.40. The second-order valence-corrected chi connectivity index (χ2v) is 6.27. The number of hydrogen-bond donors (Lipinski definition) is 1. The Hall–Kier alpha value is -0.800. The summed E-state index contributed by atoms with van der Waals surface area (Å²) in [7, 11) is 0. The van der Waals surface area contributed by atoms with Crippen molar-refractivity contribution in [3.63, 3.8) is 0 Å². The van der Waals surface area contributed by atoms with E-state index in [9.17, 15) is 0 Å². The molecule has 0 amide bonds. The van der Waals surface area contributed by atoms with Gasteiger partial charge in [-0.25, -0.2) is 0 Å². The SMILES string of the molecule is CCC(c1ccco1)N1CC2CNCC2C1(C)C. The van der Waals surface area contributed by atoms with Gasteiger partial charge in [0.15, 0.2) is 0 Å². The molecule has 100 valence electrons. The molecule has 2 fully saturated rings. The van der Waals surface area contributed by atoms with Crippen LogP contribution in [0.2, 0.25) is 0 Å². The second-order valence-electron chi connectivity index (χ2n) is 6.27. The molecular weight excluding hydrogens is 224 g/mol. The number of furan rings is 1. The fourth-order valence-corrected chi connectivity index (χ4v) is 4.04. The molecule has 0 aromatic carbocycles. The summed E-state index contributed by atoms with van der Waals surface area (Å²) in [5.41, 5.74) is 0.266. The molecule has 18 heavy (non-hydrogen) atoms. The second kappa shape index (κ2) is 4.39. The van der Waals surface area contributed by atoms with Crippen LogP contribution in [0.1, 0.15) is 39.0 Å². The monoisotopic (exact) mass is 248 g/mol. The van der Waals surface area contributed by atoms with Crippen molar-refractivity contribution in [2.45, 2.75) is 38.8 Å². The van der Waals surface area contributed by atoms with Gasteiger partial charge in [-0.15, -0.1) is 0 Å².